The van der Waals surface area contributed by atoms with Gasteiger partial charge in [0.2, 0.25) is 0 Å². The highest BCUT2D eigenvalue weighted by Gasteiger charge is 2.18. The standard InChI is InChI=1S/C17H20N4O/c1-12-6-2-5-9-14(12)21-16-10-15(18-11-19-16)17(22)20-13-7-3-4-8-13/h2,5-6,9-11,13H,3-4,7-8H2,1H3,(H,20,22)(H,18,19,21). The van der Waals surface area contributed by atoms with Gasteiger partial charge in [0.05, 0.1) is 0 Å². The third-order valence-corrected chi connectivity index (χ3v) is 4.00. The first-order valence-corrected chi connectivity index (χ1v) is 7.68. The SMILES string of the molecule is Cc1ccccc1Nc1cc(C(=O)NC2CCCC2)ncn1. The first kappa shape index (κ1) is 14.5. The normalized spacial score (nSPS) is 14.8. The van der Waals surface area contributed by atoms with Gasteiger partial charge in [-0.2, -0.15) is 0 Å². The summed E-state index contributed by atoms with van der Waals surface area (Å²) >= 11 is 0. The van der Waals surface area contributed by atoms with E-state index >= 15 is 0 Å². The number of para-hydroxylation sites is 1. The molecule has 1 aromatic heterocycles. The van der Waals surface area contributed by atoms with Crippen molar-refractivity contribution in [1.29, 1.82) is 0 Å². The Balaban J connectivity index is 1.72. The lowest BCUT2D eigenvalue weighted by Gasteiger charge is -2.12. The zero-order valence-electron chi connectivity index (χ0n) is 12.7. The van der Waals surface area contributed by atoms with Gasteiger partial charge >= 0.3 is 0 Å². The first-order chi connectivity index (χ1) is 10.7. The Hall–Kier alpha value is -2.43. The topological polar surface area (TPSA) is 66.9 Å². The summed E-state index contributed by atoms with van der Waals surface area (Å²) in [5.41, 5.74) is 2.50. The summed E-state index contributed by atoms with van der Waals surface area (Å²) in [5.74, 6) is 0.503. The lowest BCUT2D eigenvalue weighted by atomic mass is 10.2. The van der Waals surface area contributed by atoms with Crippen LogP contribution in [-0.4, -0.2) is 21.9 Å². The smallest absolute Gasteiger partial charge is 0.270 e. The van der Waals surface area contributed by atoms with Crippen molar-refractivity contribution >= 4 is 17.4 Å². The maximum atomic E-state index is 12.2. The quantitative estimate of drug-likeness (QED) is 0.909. The van der Waals surface area contributed by atoms with E-state index in [1.807, 2.05) is 31.2 Å². The minimum absolute atomic E-state index is 0.123. The van der Waals surface area contributed by atoms with Crippen LogP contribution in [-0.2, 0) is 0 Å². The number of rotatable bonds is 4. The third kappa shape index (κ3) is 3.42. The van der Waals surface area contributed by atoms with Crippen molar-refractivity contribution in [3.8, 4) is 0 Å². The Bertz CT molecular complexity index is 665. The van der Waals surface area contributed by atoms with E-state index in [-0.39, 0.29) is 11.9 Å². The highest BCUT2D eigenvalue weighted by Crippen LogP contribution is 2.20. The lowest BCUT2D eigenvalue weighted by molar-refractivity contribution is 0.0932. The van der Waals surface area contributed by atoms with E-state index in [0.29, 0.717) is 11.5 Å². The molecule has 5 heteroatoms. The minimum Gasteiger partial charge on any atom is -0.348 e. The molecule has 114 valence electrons. The Morgan fingerprint density at radius 3 is 2.73 bits per heavy atom. The van der Waals surface area contributed by atoms with Gasteiger partial charge in [-0.15, -0.1) is 0 Å². The molecule has 2 aromatic rings. The zero-order chi connectivity index (χ0) is 15.4. The number of aryl methyl sites for hydroxylation is 1. The van der Waals surface area contributed by atoms with Crippen LogP contribution in [0.2, 0.25) is 0 Å². The van der Waals surface area contributed by atoms with Crippen LogP contribution in [0.25, 0.3) is 0 Å². The molecule has 1 aliphatic rings. The molecule has 22 heavy (non-hydrogen) atoms. The molecule has 0 atom stereocenters. The van der Waals surface area contributed by atoms with Crippen LogP contribution in [0.1, 0.15) is 41.7 Å². The summed E-state index contributed by atoms with van der Waals surface area (Å²) in [6.07, 6.45) is 5.92. The number of anilines is 2. The van der Waals surface area contributed by atoms with Gasteiger partial charge in [0.1, 0.15) is 17.8 Å². The van der Waals surface area contributed by atoms with Crippen molar-refractivity contribution in [2.75, 3.05) is 5.32 Å². The molecule has 1 heterocycles. The van der Waals surface area contributed by atoms with E-state index in [2.05, 4.69) is 20.6 Å². The fourth-order valence-corrected chi connectivity index (χ4v) is 2.73. The van der Waals surface area contributed by atoms with E-state index in [9.17, 15) is 4.79 Å². The number of hydrogen-bond donors (Lipinski definition) is 2. The van der Waals surface area contributed by atoms with Crippen LogP contribution >= 0.6 is 0 Å². The van der Waals surface area contributed by atoms with Crippen molar-refractivity contribution in [3.05, 3.63) is 47.9 Å². The highest BCUT2D eigenvalue weighted by molar-refractivity contribution is 5.93. The molecule has 0 aliphatic heterocycles. The number of carbonyl (C=O) groups excluding carboxylic acids is 1. The number of nitrogens with one attached hydrogen (secondary N) is 2. The van der Waals surface area contributed by atoms with Gasteiger partial charge in [-0.05, 0) is 31.4 Å². The molecule has 1 aliphatic carbocycles. The van der Waals surface area contributed by atoms with E-state index in [1.54, 1.807) is 6.07 Å². The van der Waals surface area contributed by atoms with Crippen LogP contribution in [0, 0.1) is 6.92 Å². The number of benzene rings is 1. The van der Waals surface area contributed by atoms with Crippen LogP contribution in [0.15, 0.2) is 36.7 Å². The van der Waals surface area contributed by atoms with Crippen molar-refractivity contribution in [2.24, 2.45) is 0 Å². The van der Waals surface area contributed by atoms with Gasteiger partial charge in [-0.1, -0.05) is 31.0 Å². The molecule has 1 fully saturated rings. The van der Waals surface area contributed by atoms with E-state index in [4.69, 9.17) is 0 Å². The molecule has 0 saturated heterocycles. The second kappa shape index (κ2) is 6.56. The second-order valence-corrected chi connectivity index (χ2v) is 5.68. The van der Waals surface area contributed by atoms with Gasteiger partial charge in [0.25, 0.3) is 5.91 Å². The molecule has 2 N–H and O–H groups in total. The number of hydrogen-bond acceptors (Lipinski definition) is 4. The van der Waals surface area contributed by atoms with E-state index < -0.39 is 0 Å². The summed E-state index contributed by atoms with van der Waals surface area (Å²) in [7, 11) is 0. The molecule has 0 unspecified atom stereocenters. The Morgan fingerprint density at radius 2 is 1.95 bits per heavy atom. The average molecular weight is 296 g/mol. The fraction of sp³-hybridized carbons (Fsp3) is 0.353. The Labute approximate surface area is 130 Å². The number of carbonyl (C=O) groups is 1. The summed E-state index contributed by atoms with van der Waals surface area (Å²) in [4.78, 5) is 20.5. The van der Waals surface area contributed by atoms with Gasteiger partial charge in [-0.3, -0.25) is 4.79 Å². The number of nitrogens with zero attached hydrogens (tertiary/aromatic N) is 2. The predicted molar refractivity (Wildman–Crippen MR) is 86.2 cm³/mol. The zero-order valence-corrected chi connectivity index (χ0v) is 12.7. The summed E-state index contributed by atoms with van der Waals surface area (Å²) in [6, 6.07) is 9.93. The monoisotopic (exact) mass is 296 g/mol. The van der Waals surface area contributed by atoms with Crippen LogP contribution in [0.3, 0.4) is 0 Å². The third-order valence-electron chi connectivity index (χ3n) is 4.00. The van der Waals surface area contributed by atoms with Crippen LogP contribution < -0.4 is 10.6 Å². The molecule has 0 spiro atoms. The molecular formula is C17H20N4O. The predicted octanol–water partition coefficient (Wildman–Crippen LogP) is 3.20. The highest BCUT2D eigenvalue weighted by atomic mass is 16.1. The summed E-state index contributed by atoms with van der Waals surface area (Å²) in [5, 5.41) is 6.27. The number of aromatic nitrogens is 2. The van der Waals surface area contributed by atoms with E-state index in [0.717, 1.165) is 24.1 Å². The summed E-state index contributed by atoms with van der Waals surface area (Å²) < 4.78 is 0. The largest absolute Gasteiger partial charge is 0.348 e. The van der Waals surface area contributed by atoms with E-state index in [1.165, 1.54) is 19.2 Å². The minimum atomic E-state index is -0.123. The molecule has 3 rings (SSSR count). The molecule has 0 radical (unpaired) electrons. The van der Waals surface area contributed by atoms with Crippen molar-refractivity contribution in [3.63, 3.8) is 0 Å². The molecule has 1 saturated carbocycles. The van der Waals surface area contributed by atoms with Crippen LogP contribution in [0.5, 0.6) is 0 Å². The lowest BCUT2D eigenvalue weighted by Crippen LogP contribution is -2.33. The molecular weight excluding hydrogens is 276 g/mol. The molecule has 0 bridgehead atoms. The molecule has 5 nitrogen and oxygen atoms in total. The fourth-order valence-electron chi connectivity index (χ4n) is 2.73. The molecule has 1 aromatic carbocycles. The van der Waals surface area contributed by atoms with Crippen molar-refractivity contribution in [1.82, 2.24) is 15.3 Å². The van der Waals surface area contributed by atoms with Gasteiger partial charge in [0.15, 0.2) is 0 Å². The Morgan fingerprint density at radius 1 is 1.18 bits per heavy atom. The van der Waals surface area contributed by atoms with Gasteiger partial charge < -0.3 is 10.6 Å². The van der Waals surface area contributed by atoms with Crippen molar-refractivity contribution in [2.45, 2.75) is 38.6 Å². The maximum absolute atomic E-state index is 12.2. The van der Waals surface area contributed by atoms with Gasteiger partial charge in [0, 0.05) is 17.8 Å². The van der Waals surface area contributed by atoms with Crippen LogP contribution in [0.4, 0.5) is 11.5 Å². The second-order valence-electron chi connectivity index (χ2n) is 5.68. The summed E-state index contributed by atoms with van der Waals surface area (Å²) in [6.45, 7) is 2.03. The Kier molecular flexibility index (Phi) is 4.32. The molecule has 1 amide bonds. The number of amides is 1. The average Bonchev–Trinajstić information content (AvgIpc) is 3.03. The maximum Gasteiger partial charge on any atom is 0.270 e. The van der Waals surface area contributed by atoms with Crippen molar-refractivity contribution < 1.29 is 4.79 Å². The van der Waals surface area contributed by atoms with Gasteiger partial charge in [-0.25, -0.2) is 9.97 Å². The first-order valence-electron chi connectivity index (χ1n) is 7.68.